The Kier molecular flexibility index (Phi) is 4.86. The number of rotatable bonds is 3. The van der Waals surface area contributed by atoms with E-state index in [0.29, 0.717) is 0 Å². The predicted molar refractivity (Wildman–Crippen MR) is 60.0 cm³/mol. The molecule has 6 N–H and O–H groups in total. The summed E-state index contributed by atoms with van der Waals surface area (Å²) in [6.45, 7) is -12.9. The maximum Gasteiger partial charge on any atom is 0.206 e. The van der Waals surface area contributed by atoms with Gasteiger partial charge in [0.2, 0.25) is 19.5 Å². The summed E-state index contributed by atoms with van der Waals surface area (Å²) in [6.07, 6.45) is 0. The summed E-state index contributed by atoms with van der Waals surface area (Å²) in [5.74, 6) is 0. The molecule has 80 valence electrons. The van der Waals surface area contributed by atoms with Gasteiger partial charge in [-0.05, 0) is 35.4 Å². The first-order valence-electron chi connectivity index (χ1n) is 2.52. The molecule has 0 heterocycles. The minimum Gasteiger partial charge on any atom is -0.344 e. The Morgan fingerprint density at radius 3 is 0.769 bits per heavy atom. The monoisotopic (exact) mass is 304 g/mol. The van der Waals surface area contributed by atoms with Crippen molar-refractivity contribution in [2.75, 3.05) is 0 Å². The summed E-state index contributed by atoms with van der Waals surface area (Å²) < 4.78 is 0. The smallest absolute Gasteiger partial charge is 0.206 e. The van der Waals surface area contributed by atoms with Gasteiger partial charge in [0.05, 0.1) is 0 Å². The zero-order chi connectivity index (χ0) is 11.1. The average Bonchev–Trinajstić information content (AvgIpc) is 1.44. The maximum atomic E-state index is 8.91. The van der Waals surface area contributed by atoms with Crippen LogP contribution in [0.25, 0.3) is 0 Å². The molecule has 0 aliphatic carbocycles. The molecule has 13 heavy (non-hydrogen) atoms. The van der Waals surface area contributed by atoms with Crippen molar-refractivity contribution in [2.45, 2.75) is 5.14 Å². The minimum absolute atomic E-state index is 2.16. The molecule has 0 aromatic carbocycles. The van der Waals surface area contributed by atoms with Gasteiger partial charge in [0.15, 0.2) is 5.14 Å². The van der Waals surface area contributed by atoms with Crippen LogP contribution in [0.15, 0.2) is 0 Å². The van der Waals surface area contributed by atoms with Crippen LogP contribution in [0.1, 0.15) is 0 Å². The fourth-order valence-electron chi connectivity index (χ4n) is 0.588. The van der Waals surface area contributed by atoms with Crippen LogP contribution in [0.2, 0.25) is 0 Å². The van der Waals surface area contributed by atoms with Crippen molar-refractivity contribution >= 4 is 54.9 Å². The lowest BCUT2D eigenvalue weighted by Crippen LogP contribution is -2.08. The van der Waals surface area contributed by atoms with Gasteiger partial charge in [0, 0.05) is 0 Å². The Balaban J connectivity index is 5.42. The molecule has 6 nitrogen and oxygen atoms in total. The van der Waals surface area contributed by atoms with E-state index in [4.69, 9.17) is 29.4 Å². The first-order valence-corrected chi connectivity index (χ1v) is 10.9. The fraction of sp³-hybridized carbons (Fsp3) is 1.00. The van der Waals surface area contributed by atoms with Crippen molar-refractivity contribution in [1.82, 2.24) is 0 Å². The van der Waals surface area contributed by atoms with E-state index >= 15 is 0 Å². The van der Waals surface area contributed by atoms with Crippen molar-refractivity contribution in [3.63, 3.8) is 0 Å². The summed E-state index contributed by atoms with van der Waals surface area (Å²) in [7, 11) is 0. The van der Waals surface area contributed by atoms with Crippen molar-refractivity contribution in [3.05, 3.63) is 0 Å². The molecule has 0 saturated heterocycles. The molecule has 0 aliphatic heterocycles. The van der Waals surface area contributed by atoms with Crippen molar-refractivity contribution in [3.8, 4) is 0 Å². The van der Waals surface area contributed by atoms with E-state index in [2.05, 4.69) is 35.4 Å². The minimum atomic E-state index is -4.30. The van der Waals surface area contributed by atoms with E-state index in [0.717, 1.165) is 0 Å². The first kappa shape index (κ1) is 14.7. The van der Waals surface area contributed by atoms with E-state index in [1.807, 2.05) is 0 Å². The third-order valence-electron chi connectivity index (χ3n) is 0.903. The molecular weight excluding hydrogens is 297 g/mol. The van der Waals surface area contributed by atoms with Gasteiger partial charge in [0.25, 0.3) is 0 Å². The summed E-state index contributed by atoms with van der Waals surface area (Å²) in [5, 5.41) is -2.16. The molecule has 0 fully saturated rings. The van der Waals surface area contributed by atoms with Crippen LogP contribution in [0.5, 0.6) is 0 Å². The van der Waals surface area contributed by atoms with E-state index < -0.39 is 24.6 Å². The largest absolute Gasteiger partial charge is 0.344 e. The fourth-order valence-corrected chi connectivity index (χ4v) is 14.0. The van der Waals surface area contributed by atoms with E-state index in [9.17, 15) is 0 Å². The van der Waals surface area contributed by atoms with Gasteiger partial charge in [0.1, 0.15) is 0 Å². The van der Waals surface area contributed by atoms with Crippen LogP contribution in [0, 0.1) is 0 Å². The molecule has 0 bridgehead atoms. The topological polar surface area (TPSA) is 121 Å². The summed E-state index contributed by atoms with van der Waals surface area (Å²) in [5.41, 5.74) is 0. The third-order valence-corrected chi connectivity index (χ3v) is 13.2. The van der Waals surface area contributed by atoms with Gasteiger partial charge < -0.3 is 29.4 Å². The molecule has 12 heteroatoms. The lowest BCUT2D eigenvalue weighted by molar-refractivity contribution is 0.437. The highest BCUT2D eigenvalue weighted by molar-refractivity contribution is 8.28. The Morgan fingerprint density at radius 1 is 0.615 bits per heavy atom. The van der Waals surface area contributed by atoms with Gasteiger partial charge >= 0.3 is 0 Å². The third kappa shape index (κ3) is 4.84. The van der Waals surface area contributed by atoms with Crippen LogP contribution >= 0.6 is 19.5 Å². The van der Waals surface area contributed by atoms with Crippen molar-refractivity contribution in [2.24, 2.45) is 0 Å². The van der Waals surface area contributed by atoms with Gasteiger partial charge in [-0.2, -0.15) is 0 Å². The highest BCUT2D eigenvalue weighted by Crippen LogP contribution is 2.74. The van der Waals surface area contributed by atoms with Crippen LogP contribution in [0.3, 0.4) is 0 Å². The number of hydrogen-bond donors (Lipinski definition) is 6. The lowest BCUT2D eigenvalue weighted by atomic mass is 11.9. The van der Waals surface area contributed by atoms with Crippen LogP contribution in [0.4, 0.5) is 0 Å². The second-order valence-corrected chi connectivity index (χ2v) is 13.3. The zero-order valence-electron chi connectivity index (χ0n) is 5.83. The molecule has 0 rings (SSSR count). The normalized spacial score (nSPS) is 15.0. The average molecular weight is 304 g/mol. The predicted octanol–water partition coefficient (Wildman–Crippen LogP) is -0.848. The molecule has 0 aliphatic rings. The molecule has 0 amide bonds. The molecule has 0 atom stereocenters. The Labute approximate surface area is 89.4 Å². The first-order chi connectivity index (χ1) is 5.37. The lowest BCUT2D eigenvalue weighted by Gasteiger charge is -2.27. The maximum absolute atomic E-state index is 8.91. The molecule has 0 spiro atoms. The van der Waals surface area contributed by atoms with Crippen molar-refractivity contribution < 1.29 is 29.4 Å². The second-order valence-electron chi connectivity index (χ2n) is 2.11. The molecule has 0 aromatic heterocycles. The molecular formula is CH7O6P3S3. The zero-order valence-corrected chi connectivity index (χ0v) is 11.0. The quantitative estimate of drug-likeness (QED) is 0.370. The Hall–Kier alpha value is 1.71. The van der Waals surface area contributed by atoms with Gasteiger partial charge in [-0.1, -0.05) is 0 Å². The van der Waals surface area contributed by atoms with Crippen LogP contribution in [-0.2, 0) is 35.4 Å². The summed E-state index contributed by atoms with van der Waals surface area (Å²) in [6, 6.07) is 0. The van der Waals surface area contributed by atoms with Crippen LogP contribution in [-0.4, -0.2) is 34.5 Å². The molecule has 0 saturated carbocycles. The second kappa shape index (κ2) is 4.29. The highest BCUT2D eigenvalue weighted by Gasteiger charge is 2.45. The van der Waals surface area contributed by atoms with Gasteiger partial charge in [-0.3, -0.25) is 0 Å². The summed E-state index contributed by atoms with van der Waals surface area (Å²) in [4.78, 5) is 53.5. The van der Waals surface area contributed by atoms with E-state index in [-0.39, 0.29) is 0 Å². The van der Waals surface area contributed by atoms with Crippen molar-refractivity contribution in [1.29, 1.82) is 0 Å². The van der Waals surface area contributed by atoms with Crippen LogP contribution < -0.4 is 0 Å². The standard InChI is InChI=1S/CH7O6P3S3/c2-8(3,11)1(9(4,5)12)10(6,7)13/h1H,(H2,2,3,11)(H2,4,5,12)(H2,6,7,13). The molecule has 0 unspecified atom stereocenters. The highest BCUT2D eigenvalue weighted by atomic mass is 32.5. The number of hydrogen-bond acceptors (Lipinski definition) is 3. The Bertz CT molecular complexity index is 268. The SMILES string of the molecule is OP(O)(=S)C(P(O)(O)=S)P(O)(O)=S. The molecule has 0 radical (unpaired) electrons. The summed E-state index contributed by atoms with van der Waals surface area (Å²) >= 11 is 12.3. The Morgan fingerprint density at radius 2 is 0.769 bits per heavy atom. The van der Waals surface area contributed by atoms with E-state index in [1.165, 1.54) is 0 Å². The van der Waals surface area contributed by atoms with Gasteiger partial charge in [-0.15, -0.1) is 0 Å². The molecule has 0 aromatic rings. The van der Waals surface area contributed by atoms with Gasteiger partial charge in [-0.25, -0.2) is 0 Å². The van der Waals surface area contributed by atoms with E-state index in [1.54, 1.807) is 0 Å².